The van der Waals surface area contributed by atoms with Crippen LogP contribution in [0.5, 0.6) is 0 Å². The molecule has 3 rings (SSSR count). The molecule has 6 nitrogen and oxygen atoms in total. The Kier molecular flexibility index (Phi) is 3.76. The van der Waals surface area contributed by atoms with E-state index in [1.165, 1.54) is 5.56 Å². The van der Waals surface area contributed by atoms with Crippen molar-refractivity contribution in [2.45, 2.75) is 13.3 Å². The third-order valence-electron chi connectivity index (χ3n) is 3.22. The number of hydrogen-bond donors (Lipinski definition) is 3. The summed E-state index contributed by atoms with van der Waals surface area (Å²) in [6.07, 6.45) is 6.29. The lowest BCUT2D eigenvalue weighted by Crippen LogP contribution is -2.11. The van der Waals surface area contributed by atoms with Crippen molar-refractivity contribution in [2.75, 3.05) is 10.7 Å². The van der Waals surface area contributed by atoms with E-state index in [9.17, 15) is 0 Å². The molecule has 0 radical (unpaired) electrons. The van der Waals surface area contributed by atoms with Crippen LogP contribution in [-0.4, -0.2) is 14.4 Å². The molecule has 2 aromatic heterocycles. The fourth-order valence-electron chi connectivity index (χ4n) is 2.19. The first kappa shape index (κ1) is 13.8. The third-order valence-corrected chi connectivity index (χ3v) is 3.72. The van der Waals surface area contributed by atoms with Crippen molar-refractivity contribution in [3.05, 3.63) is 46.8 Å². The van der Waals surface area contributed by atoms with E-state index in [-0.39, 0.29) is 0 Å². The molecule has 7 heteroatoms. The Hall–Kier alpha value is -2.12. The molecular weight excluding hydrogens is 332 g/mol. The zero-order valence-electron chi connectivity index (χ0n) is 11.5. The standard InChI is InChI=1S/C14H15BrN6/c1-2-9-7-10(15)3-4-11(9)18-13-14-17-5-6-21(14)8-12(19-13)20-16/h3-8,20H,2,16H2,1H3,(H,18,19). The van der Waals surface area contributed by atoms with Crippen LogP contribution in [0.3, 0.4) is 0 Å². The number of anilines is 3. The smallest absolute Gasteiger partial charge is 0.180 e. The molecule has 0 spiro atoms. The predicted molar refractivity (Wildman–Crippen MR) is 87.6 cm³/mol. The minimum atomic E-state index is 0.568. The van der Waals surface area contributed by atoms with Crippen LogP contribution in [0.1, 0.15) is 12.5 Å². The Labute approximate surface area is 130 Å². The Morgan fingerprint density at radius 3 is 3.00 bits per heavy atom. The summed E-state index contributed by atoms with van der Waals surface area (Å²) in [6.45, 7) is 2.11. The van der Waals surface area contributed by atoms with Gasteiger partial charge in [-0.1, -0.05) is 22.9 Å². The molecule has 108 valence electrons. The van der Waals surface area contributed by atoms with Gasteiger partial charge >= 0.3 is 0 Å². The van der Waals surface area contributed by atoms with E-state index in [1.54, 1.807) is 12.4 Å². The molecule has 0 bridgehead atoms. The van der Waals surface area contributed by atoms with Gasteiger partial charge in [-0.15, -0.1) is 0 Å². The normalized spacial score (nSPS) is 10.8. The van der Waals surface area contributed by atoms with E-state index in [0.717, 1.165) is 22.2 Å². The van der Waals surface area contributed by atoms with E-state index >= 15 is 0 Å². The maximum atomic E-state index is 5.47. The topological polar surface area (TPSA) is 80.3 Å². The lowest BCUT2D eigenvalue weighted by molar-refractivity contribution is 1.10. The van der Waals surface area contributed by atoms with Crippen molar-refractivity contribution in [1.29, 1.82) is 0 Å². The molecule has 0 fully saturated rings. The summed E-state index contributed by atoms with van der Waals surface area (Å²) in [5.41, 5.74) is 5.52. The molecule has 0 aliphatic heterocycles. The third kappa shape index (κ3) is 2.70. The zero-order valence-corrected chi connectivity index (χ0v) is 13.1. The first-order chi connectivity index (χ1) is 10.2. The Morgan fingerprint density at radius 1 is 1.38 bits per heavy atom. The van der Waals surface area contributed by atoms with Crippen LogP contribution in [0, 0.1) is 0 Å². The number of nitrogens with one attached hydrogen (secondary N) is 2. The van der Waals surface area contributed by atoms with E-state index in [2.05, 4.69) is 49.6 Å². The molecule has 1 aromatic carbocycles. The lowest BCUT2D eigenvalue weighted by Gasteiger charge is -2.12. The van der Waals surface area contributed by atoms with Gasteiger partial charge in [-0.2, -0.15) is 0 Å². The first-order valence-corrected chi connectivity index (χ1v) is 7.36. The maximum Gasteiger partial charge on any atom is 0.180 e. The van der Waals surface area contributed by atoms with Crippen molar-refractivity contribution in [3.8, 4) is 0 Å². The summed E-state index contributed by atoms with van der Waals surface area (Å²) in [5.74, 6) is 6.70. The van der Waals surface area contributed by atoms with Gasteiger partial charge in [0.15, 0.2) is 17.3 Å². The second-order valence-electron chi connectivity index (χ2n) is 4.56. The van der Waals surface area contributed by atoms with E-state index < -0.39 is 0 Å². The maximum absolute atomic E-state index is 5.47. The highest BCUT2D eigenvalue weighted by Crippen LogP contribution is 2.26. The van der Waals surface area contributed by atoms with Gasteiger partial charge < -0.3 is 15.1 Å². The number of nitrogens with two attached hydrogens (primary N) is 1. The molecule has 0 saturated carbocycles. The van der Waals surface area contributed by atoms with E-state index in [4.69, 9.17) is 5.84 Å². The van der Waals surface area contributed by atoms with E-state index in [0.29, 0.717) is 11.6 Å². The van der Waals surface area contributed by atoms with Crippen LogP contribution in [-0.2, 0) is 6.42 Å². The number of nitrogen functional groups attached to an aromatic ring is 1. The summed E-state index contributed by atoms with van der Waals surface area (Å²) in [4.78, 5) is 8.77. The fourth-order valence-corrected chi connectivity index (χ4v) is 2.60. The van der Waals surface area contributed by atoms with Gasteiger partial charge in [0.25, 0.3) is 0 Å². The Morgan fingerprint density at radius 2 is 2.24 bits per heavy atom. The van der Waals surface area contributed by atoms with E-state index in [1.807, 2.05) is 22.7 Å². The highest BCUT2D eigenvalue weighted by molar-refractivity contribution is 9.10. The van der Waals surface area contributed by atoms with Crippen molar-refractivity contribution >= 4 is 38.9 Å². The Bertz CT molecular complexity index is 782. The van der Waals surface area contributed by atoms with Crippen LogP contribution < -0.4 is 16.6 Å². The number of aryl methyl sites for hydroxylation is 1. The average Bonchev–Trinajstić information content (AvgIpc) is 2.97. The van der Waals surface area contributed by atoms with Gasteiger partial charge in [0.05, 0.1) is 6.20 Å². The molecule has 0 aliphatic carbocycles. The van der Waals surface area contributed by atoms with Crippen LogP contribution >= 0.6 is 15.9 Å². The molecular formula is C14H15BrN6. The minimum absolute atomic E-state index is 0.568. The number of benzene rings is 1. The summed E-state index contributed by atoms with van der Waals surface area (Å²) in [7, 11) is 0. The van der Waals surface area contributed by atoms with Crippen LogP contribution in [0.2, 0.25) is 0 Å². The summed E-state index contributed by atoms with van der Waals surface area (Å²) < 4.78 is 2.93. The minimum Gasteiger partial charge on any atom is -0.337 e. The van der Waals surface area contributed by atoms with Crippen LogP contribution in [0.25, 0.3) is 5.65 Å². The molecule has 3 aromatic rings. The second-order valence-corrected chi connectivity index (χ2v) is 5.47. The monoisotopic (exact) mass is 346 g/mol. The highest BCUT2D eigenvalue weighted by atomic mass is 79.9. The van der Waals surface area contributed by atoms with Gasteiger partial charge in [-0.05, 0) is 30.2 Å². The molecule has 21 heavy (non-hydrogen) atoms. The summed E-state index contributed by atoms with van der Waals surface area (Å²) >= 11 is 3.49. The SMILES string of the molecule is CCc1cc(Br)ccc1Nc1nc(NN)cn2ccnc12. The molecule has 0 aliphatic rings. The summed E-state index contributed by atoms with van der Waals surface area (Å²) in [5, 5.41) is 3.34. The number of halogens is 1. The summed E-state index contributed by atoms with van der Waals surface area (Å²) in [6, 6.07) is 6.11. The highest BCUT2D eigenvalue weighted by Gasteiger charge is 2.09. The fraction of sp³-hybridized carbons (Fsp3) is 0.143. The van der Waals surface area contributed by atoms with Gasteiger partial charge in [-0.25, -0.2) is 15.8 Å². The number of hydrazine groups is 1. The first-order valence-electron chi connectivity index (χ1n) is 6.57. The molecule has 4 N–H and O–H groups in total. The van der Waals surface area contributed by atoms with Crippen LogP contribution in [0.4, 0.5) is 17.3 Å². The predicted octanol–water partition coefficient (Wildman–Crippen LogP) is 3.08. The Balaban J connectivity index is 2.07. The van der Waals surface area contributed by atoms with Gasteiger partial charge in [-0.3, -0.25) is 0 Å². The second kappa shape index (κ2) is 5.71. The van der Waals surface area contributed by atoms with Crippen molar-refractivity contribution in [2.24, 2.45) is 5.84 Å². The zero-order chi connectivity index (χ0) is 14.8. The molecule has 0 saturated heterocycles. The number of aromatic nitrogens is 3. The van der Waals surface area contributed by atoms with Crippen molar-refractivity contribution in [1.82, 2.24) is 14.4 Å². The number of fused-ring (bicyclic) bond motifs is 1. The molecule has 0 amide bonds. The van der Waals surface area contributed by atoms with Crippen molar-refractivity contribution < 1.29 is 0 Å². The quantitative estimate of drug-likeness (QED) is 0.499. The number of hydrogen-bond acceptors (Lipinski definition) is 5. The molecule has 0 unspecified atom stereocenters. The van der Waals surface area contributed by atoms with Gasteiger partial charge in [0, 0.05) is 22.6 Å². The van der Waals surface area contributed by atoms with Gasteiger partial charge in [0.1, 0.15) is 0 Å². The van der Waals surface area contributed by atoms with Gasteiger partial charge in [0.2, 0.25) is 0 Å². The van der Waals surface area contributed by atoms with Crippen molar-refractivity contribution in [3.63, 3.8) is 0 Å². The average molecular weight is 347 g/mol. The molecule has 2 heterocycles. The molecule has 0 atom stereocenters. The van der Waals surface area contributed by atoms with Crippen LogP contribution in [0.15, 0.2) is 41.3 Å². The number of nitrogens with zero attached hydrogens (tertiary/aromatic N) is 3. The largest absolute Gasteiger partial charge is 0.337 e. The number of rotatable bonds is 4. The number of imidazole rings is 1. The lowest BCUT2D eigenvalue weighted by atomic mass is 10.1.